The van der Waals surface area contributed by atoms with Crippen molar-refractivity contribution < 1.29 is 38.7 Å². The maximum atomic E-state index is 11.6. The van der Waals surface area contributed by atoms with Crippen LogP contribution in [0.25, 0.3) is 33.5 Å². The third kappa shape index (κ3) is 6.82. The number of benzene rings is 2. The van der Waals surface area contributed by atoms with Crippen LogP contribution in [0, 0.1) is 0 Å². The van der Waals surface area contributed by atoms with Crippen LogP contribution in [0.2, 0.25) is 5.02 Å². The molecule has 2 unspecified atom stereocenters. The van der Waals surface area contributed by atoms with Gasteiger partial charge in [-0.05, 0) is 29.2 Å². The molecule has 6 rings (SSSR count). The van der Waals surface area contributed by atoms with Gasteiger partial charge in [0.1, 0.15) is 24.4 Å². The number of H-pyrrole nitrogens is 1. The van der Waals surface area contributed by atoms with Crippen LogP contribution in [0.5, 0.6) is 6.01 Å². The molecule has 0 bridgehead atoms. The molecular formula is C30H32ClN4O8P. The van der Waals surface area contributed by atoms with Crippen LogP contribution < -0.4 is 10.1 Å². The van der Waals surface area contributed by atoms with Crippen molar-refractivity contribution in [1.29, 1.82) is 0 Å². The number of aromatic amines is 1. The largest absolute Gasteiger partial charge is 0.480 e. The molecule has 0 aliphatic carbocycles. The second-order valence-electron chi connectivity index (χ2n) is 11.2. The molecule has 12 nitrogen and oxygen atoms in total. The van der Waals surface area contributed by atoms with Gasteiger partial charge >= 0.3 is 5.97 Å². The monoisotopic (exact) mass is 642 g/mol. The highest BCUT2D eigenvalue weighted by Crippen LogP contribution is 2.36. The van der Waals surface area contributed by atoms with E-state index in [2.05, 4.69) is 20.3 Å². The van der Waals surface area contributed by atoms with Crippen LogP contribution in [-0.4, -0.2) is 92.5 Å². The van der Waals surface area contributed by atoms with Gasteiger partial charge in [0.25, 0.3) is 6.01 Å². The average molecular weight is 643 g/mol. The number of fused-ring (bicyclic) bond motifs is 2. The zero-order valence-electron chi connectivity index (χ0n) is 23.7. The first-order valence-electron chi connectivity index (χ1n) is 14.1. The van der Waals surface area contributed by atoms with Gasteiger partial charge in [-0.15, -0.1) is 0 Å². The smallest absolute Gasteiger partial charge is 0.320 e. The summed E-state index contributed by atoms with van der Waals surface area (Å²) in [5.74, 6) is -1.05. The Kier molecular flexibility index (Phi) is 8.76. The van der Waals surface area contributed by atoms with Crippen molar-refractivity contribution in [2.24, 2.45) is 0 Å². The molecule has 5 N–H and O–H groups in total. The first kappa shape index (κ1) is 30.7. The Morgan fingerprint density at radius 1 is 1.09 bits per heavy atom. The van der Waals surface area contributed by atoms with Gasteiger partial charge < -0.3 is 39.6 Å². The quantitative estimate of drug-likeness (QED) is 0.151. The van der Waals surface area contributed by atoms with E-state index >= 15 is 0 Å². The molecule has 4 heterocycles. The van der Waals surface area contributed by atoms with E-state index in [-0.39, 0.29) is 37.9 Å². The maximum absolute atomic E-state index is 11.6. The number of imidazole rings is 1. The van der Waals surface area contributed by atoms with Crippen molar-refractivity contribution in [2.75, 3.05) is 26.0 Å². The van der Waals surface area contributed by atoms with Crippen molar-refractivity contribution in [3.8, 4) is 28.4 Å². The molecule has 14 heteroatoms. The van der Waals surface area contributed by atoms with E-state index < -0.39 is 37.7 Å². The molecule has 0 saturated carbocycles. The Labute approximate surface area is 257 Å². The number of hydrogen-bond acceptors (Lipinski definition) is 9. The van der Waals surface area contributed by atoms with E-state index in [9.17, 15) is 24.5 Å². The molecule has 2 aliphatic rings. The summed E-state index contributed by atoms with van der Waals surface area (Å²) in [5.41, 5.74) is 5.29. The van der Waals surface area contributed by atoms with Crippen molar-refractivity contribution >= 4 is 36.1 Å². The maximum Gasteiger partial charge on any atom is 0.320 e. The Balaban J connectivity index is 1.11. The summed E-state index contributed by atoms with van der Waals surface area (Å²) < 4.78 is 28.8. The lowest BCUT2D eigenvalue weighted by atomic mass is 10.0. The second kappa shape index (κ2) is 12.6. The van der Waals surface area contributed by atoms with Gasteiger partial charge in [-0.1, -0.05) is 60.1 Å². The molecule has 0 amide bonds. The minimum Gasteiger partial charge on any atom is -0.480 e. The molecule has 2 saturated heterocycles. The molecule has 0 spiro atoms. The number of carboxylic acids is 1. The standard InChI is InChI=1S/C30H32ClN4O8P/c1-44(39,40)11-10-21(29(37)38)32-13-16-2-4-17(5-3-16)18-6-8-19(9-7-18)25-20(31)12-22-28(34-25)35-30(33-22)43-24-15-42-26-23(36)14-41-27(24)26/h2-9,12,21,23-24,26-27,32,36H,10-11,13-15H2,1H3,(H,37,38)(H,39,40)(H,33,34,35)/t21?,23-,24-,26-,27-/m1/s1. The topological polar surface area (TPSA) is 176 Å². The number of hydrogen-bond donors (Lipinski definition) is 5. The summed E-state index contributed by atoms with van der Waals surface area (Å²) in [7, 11) is -3.28. The lowest BCUT2D eigenvalue weighted by Gasteiger charge is -2.15. The number of carboxylic acid groups (broad SMARTS) is 1. The zero-order valence-corrected chi connectivity index (χ0v) is 25.4. The fraction of sp³-hybridized carbons (Fsp3) is 0.367. The summed E-state index contributed by atoms with van der Waals surface area (Å²) in [6, 6.07) is 16.6. The summed E-state index contributed by atoms with van der Waals surface area (Å²) in [6.45, 7) is 2.04. The van der Waals surface area contributed by atoms with Crippen molar-refractivity contribution in [3.05, 3.63) is 65.2 Å². The molecule has 6 atom stereocenters. The summed E-state index contributed by atoms with van der Waals surface area (Å²) in [6.07, 6.45) is -1.81. The molecular weight excluding hydrogens is 611 g/mol. The third-order valence-electron chi connectivity index (χ3n) is 7.78. The van der Waals surface area contributed by atoms with Crippen LogP contribution in [0.15, 0.2) is 54.6 Å². The van der Waals surface area contributed by atoms with Gasteiger partial charge in [0.2, 0.25) is 0 Å². The first-order chi connectivity index (χ1) is 21.0. The van der Waals surface area contributed by atoms with Crippen LogP contribution in [-0.2, 0) is 25.4 Å². The molecule has 4 aromatic rings. The zero-order chi connectivity index (χ0) is 31.0. The number of aliphatic hydroxyl groups excluding tert-OH is 1. The van der Waals surface area contributed by atoms with Crippen molar-refractivity contribution in [1.82, 2.24) is 20.3 Å². The SMILES string of the molecule is CP(=O)(O)CCC(NCc1ccc(-c2ccc(-c3nc4nc(O[C@@H]5CO[C@H]6[C@@H]5OC[C@H]6O)[nH]c4cc3Cl)cc2)cc1)C(=O)O. The van der Waals surface area contributed by atoms with Gasteiger partial charge in [-0.25, -0.2) is 4.98 Å². The fourth-order valence-electron chi connectivity index (χ4n) is 5.40. The van der Waals surface area contributed by atoms with Crippen LogP contribution in [0.1, 0.15) is 12.0 Å². The molecule has 2 aliphatic heterocycles. The summed E-state index contributed by atoms with van der Waals surface area (Å²) >= 11 is 6.61. The number of nitrogens with zero attached hydrogens (tertiary/aromatic N) is 2. The van der Waals surface area contributed by atoms with E-state index in [4.69, 9.17) is 25.8 Å². The normalized spacial score (nSPS) is 23.4. The number of halogens is 1. The first-order valence-corrected chi connectivity index (χ1v) is 16.8. The van der Waals surface area contributed by atoms with Gasteiger partial charge in [-0.3, -0.25) is 9.36 Å². The lowest BCUT2D eigenvalue weighted by Crippen LogP contribution is -2.36. The number of aliphatic carboxylic acids is 1. The minimum atomic E-state index is -3.28. The highest BCUT2D eigenvalue weighted by Gasteiger charge is 2.48. The number of rotatable bonds is 11. The minimum absolute atomic E-state index is 0.0586. The predicted molar refractivity (Wildman–Crippen MR) is 163 cm³/mol. The van der Waals surface area contributed by atoms with Crippen LogP contribution >= 0.6 is 19.0 Å². The number of carbonyl (C=O) groups is 1. The highest BCUT2D eigenvalue weighted by atomic mass is 35.5. The Hall–Kier alpha value is -3.35. The Morgan fingerprint density at radius 2 is 1.75 bits per heavy atom. The van der Waals surface area contributed by atoms with Crippen molar-refractivity contribution in [3.63, 3.8) is 0 Å². The van der Waals surface area contributed by atoms with Gasteiger partial charge in [0.05, 0.1) is 29.4 Å². The van der Waals surface area contributed by atoms with E-state index in [1.54, 1.807) is 6.07 Å². The van der Waals surface area contributed by atoms with Gasteiger partial charge in [0, 0.05) is 24.9 Å². The molecule has 2 fully saturated rings. The van der Waals surface area contributed by atoms with Crippen molar-refractivity contribution in [2.45, 2.75) is 43.4 Å². The van der Waals surface area contributed by atoms with E-state index in [1.807, 2.05) is 48.5 Å². The number of pyridine rings is 1. The lowest BCUT2D eigenvalue weighted by molar-refractivity contribution is -0.139. The van der Waals surface area contributed by atoms with Crippen LogP contribution in [0.4, 0.5) is 0 Å². The third-order valence-corrected chi connectivity index (χ3v) is 9.15. The predicted octanol–water partition coefficient (Wildman–Crippen LogP) is 3.68. The second-order valence-corrected chi connectivity index (χ2v) is 14.1. The molecule has 2 aromatic carbocycles. The number of aromatic nitrogens is 3. The van der Waals surface area contributed by atoms with Gasteiger partial charge in [-0.2, -0.15) is 4.98 Å². The summed E-state index contributed by atoms with van der Waals surface area (Å²) in [4.78, 5) is 33.3. The number of ether oxygens (including phenoxy) is 3. The average Bonchev–Trinajstić information content (AvgIpc) is 3.68. The summed E-state index contributed by atoms with van der Waals surface area (Å²) in [5, 5.41) is 22.8. The number of nitrogens with one attached hydrogen (secondary N) is 2. The number of aliphatic hydroxyl groups is 1. The van der Waals surface area contributed by atoms with Gasteiger partial charge in [0.15, 0.2) is 19.1 Å². The molecule has 232 valence electrons. The van der Waals surface area contributed by atoms with Crippen LogP contribution in [0.3, 0.4) is 0 Å². The molecule has 44 heavy (non-hydrogen) atoms. The fourth-order valence-corrected chi connectivity index (χ4v) is 6.40. The Bertz CT molecular complexity index is 1690. The Morgan fingerprint density at radius 3 is 2.43 bits per heavy atom. The van der Waals surface area contributed by atoms with E-state index in [0.29, 0.717) is 28.4 Å². The van der Waals surface area contributed by atoms with E-state index in [0.717, 1.165) is 22.3 Å². The molecule has 0 radical (unpaired) electrons. The highest BCUT2D eigenvalue weighted by molar-refractivity contribution is 7.57. The van der Waals surface area contributed by atoms with E-state index in [1.165, 1.54) is 6.66 Å². The molecule has 2 aromatic heterocycles.